The van der Waals surface area contributed by atoms with Crippen molar-refractivity contribution in [2.45, 2.75) is 32.9 Å². The highest BCUT2D eigenvalue weighted by atomic mass is 35.5. The minimum atomic E-state index is -0.384. The average molecular weight is 401 g/mol. The van der Waals surface area contributed by atoms with Gasteiger partial charge in [0.2, 0.25) is 5.95 Å². The number of benzene rings is 1. The number of H-pyrrole nitrogens is 1. The summed E-state index contributed by atoms with van der Waals surface area (Å²) in [6.45, 7) is 6.42. The molecule has 2 unspecified atom stereocenters. The number of anilines is 2. The number of aromatic nitrogens is 4. The zero-order valence-corrected chi connectivity index (χ0v) is 16.6. The Morgan fingerprint density at radius 2 is 2.11 bits per heavy atom. The van der Waals surface area contributed by atoms with Gasteiger partial charge in [0.25, 0.3) is 0 Å². The van der Waals surface area contributed by atoms with E-state index in [1.165, 1.54) is 0 Å². The van der Waals surface area contributed by atoms with Gasteiger partial charge in [0.15, 0.2) is 0 Å². The minimum Gasteiger partial charge on any atom is -0.447 e. The van der Waals surface area contributed by atoms with Gasteiger partial charge in [-0.15, -0.1) is 0 Å². The summed E-state index contributed by atoms with van der Waals surface area (Å²) in [4.78, 5) is 30.4. The lowest BCUT2D eigenvalue weighted by molar-refractivity contribution is 0.177. The predicted molar refractivity (Wildman–Crippen MR) is 108 cm³/mol. The van der Waals surface area contributed by atoms with Crippen molar-refractivity contribution >= 4 is 40.5 Å². The first kappa shape index (κ1) is 18.5. The molecular formula is C19H21ClN6O2. The third-order valence-corrected chi connectivity index (χ3v) is 5.02. The van der Waals surface area contributed by atoms with E-state index >= 15 is 0 Å². The second-order valence-electron chi connectivity index (χ2n) is 7.15. The number of imidazole rings is 1. The summed E-state index contributed by atoms with van der Waals surface area (Å²) in [5, 5.41) is 3.88. The number of halogens is 1. The molecule has 8 nitrogen and oxygen atoms in total. The summed E-state index contributed by atoms with van der Waals surface area (Å²) in [6, 6.07) is 7.00. The Labute approximate surface area is 167 Å². The molecule has 1 aliphatic rings. The van der Waals surface area contributed by atoms with Gasteiger partial charge in [-0.3, -0.25) is 4.90 Å². The van der Waals surface area contributed by atoms with Crippen molar-refractivity contribution in [3.8, 4) is 0 Å². The van der Waals surface area contributed by atoms with Gasteiger partial charge in [0.05, 0.1) is 23.1 Å². The first-order chi connectivity index (χ1) is 13.4. The average Bonchev–Trinajstić information content (AvgIpc) is 3.25. The maximum Gasteiger partial charge on any atom is 0.415 e. The zero-order chi connectivity index (χ0) is 19.8. The van der Waals surface area contributed by atoms with E-state index in [0.29, 0.717) is 23.4 Å². The van der Waals surface area contributed by atoms with Crippen molar-refractivity contribution in [2.75, 3.05) is 16.8 Å². The summed E-state index contributed by atoms with van der Waals surface area (Å²) >= 11 is 6.04. The first-order valence-electron chi connectivity index (χ1n) is 9.13. The van der Waals surface area contributed by atoms with Crippen molar-refractivity contribution in [1.82, 2.24) is 19.9 Å². The first-order valence-corrected chi connectivity index (χ1v) is 9.51. The van der Waals surface area contributed by atoms with Crippen LogP contribution in [0.3, 0.4) is 0 Å². The highest BCUT2D eigenvalue weighted by Crippen LogP contribution is 2.27. The molecule has 2 atom stereocenters. The molecule has 0 radical (unpaired) electrons. The van der Waals surface area contributed by atoms with Crippen molar-refractivity contribution in [2.24, 2.45) is 5.92 Å². The van der Waals surface area contributed by atoms with Gasteiger partial charge in [-0.05, 0) is 37.1 Å². The molecule has 1 amide bonds. The van der Waals surface area contributed by atoms with Crippen LogP contribution in [-0.2, 0) is 4.74 Å². The quantitative estimate of drug-likeness (QED) is 0.667. The monoisotopic (exact) mass is 400 g/mol. The van der Waals surface area contributed by atoms with Crippen LogP contribution >= 0.6 is 11.6 Å². The lowest BCUT2D eigenvalue weighted by Gasteiger charge is -2.23. The number of hydrogen-bond acceptors (Lipinski definition) is 6. The van der Waals surface area contributed by atoms with E-state index in [1.807, 2.05) is 19.1 Å². The van der Waals surface area contributed by atoms with Crippen LogP contribution in [0.5, 0.6) is 0 Å². The van der Waals surface area contributed by atoms with Gasteiger partial charge in [-0.2, -0.15) is 4.98 Å². The fraction of sp³-hybridized carbons (Fsp3) is 0.368. The molecule has 2 N–H and O–H groups in total. The fourth-order valence-electron chi connectivity index (χ4n) is 3.21. The molecular weight excluding hydrogens is 380 g/mol. The summed E-state index contributed by atoms with van der Waals surface area (Å²) in [7, 11) is 0. The molecule has 1 fully saturated rings. The maximum atomic E-state index is 12.2. The van der Waals surface area contributed by atoms with Crippen LogP contribution in [0, 0.1) is 5.92 Å². The third kappa shape index (κ3) is 3.47. The number of amides is 1. The predicted octanol–water partition coefficient (Wildman–Crippen LogP) is 4.16. The third-order valence-electron chi connectivity index (χ3n) is 4.78. The van der Waals surface area contributed by atoms with E-state index < -0.39 is 0 Å². The molecule has 1 aliphatic heterocycles. The SMILES string of the molecule is CC(Nc1nccc(N2C(=O)OCC2C(C)C)n1)c1nc2ccc(Cl)cc2[nH]1. The van der Waals surface area contributed by atoms with Gasteiger partial charge >= 0.3 is 6.09 Å². The Hall–Kier alpha value is -2.87. The zero-order valence-electron chi connectivity index (χ0n) is 15.8. The van der Waals surface area contributed by atoms with E-state index in [1.54, 1.807) is 23.2 Å². The lowest BCUT2D eigenvalue weighted by Crippen LogP contribution is -2.37. The number of carbonyl (C=O) groups excluding carboxylic acids is 1. The fourth-order valence-corrected chi connectivity index (χ4v) is 3.38. The number of aromatic amines is 1. The number of rotatable bonds is 5. The molecule has 28 heavy (non-hydrogen) atoms. The van der Waals surface area contributed by atoms with Gasteiger partial charge in [-0.25, -0.2) is 14.8 Å². The van der Waals surface area contributed by atoms with E-state index in [0.717, 1.165) is 16.9 Å². The summed E-state index contributed by atoms with van der Waals surface area (Å²) in [5.41, 5.74) is 1.70. The minimum absolute atomic E-state index is 0.0483. The summed E-state index contributed by atoms with van der Waals surface area (Å²) in [5.74, 6) is 1.92. The summed E-state index contributed by atoms with van der Waals surface area (Å²) < 4.78 is 5.21. The number of carbonyl (C=O) groups is 1. The van der Waals surface area contributed by atoms with Crippen LogP contribution in [0.1, 0.15) is 32.6 Å². The lowest BCUT2D eigenvalue weighted by atomic mass is 10.0. The van der Waals surface area contributed by atoms with E-state index in [4.69, 9.17) is 16.3 Å². The molecule has 2 aromatic heterocycles. The van der Waals surface area contributed by atoms with Crippen LogP contribution in [0.15, 0.2) is 30.5 Å². The van der Waals surface area contributed by atoms with Crippen LogP contribution < -0.4 is 10.2 Å². The number of ether oxygens (including phenoxy) is 1. The molecule has 0 bridgehead atoms. The number of nitrogens with one attached hydrogen (secondary N) is 2. The van der Waals surface area contributed by atoms with Gasteiger partial charge in [-0.1, -0.05) is 25.4 Å². The van der Waals surface area contributed by atoms with E-state index in [2.05, 4.69) is 39.1 Å². The second kappa shape index (κ2) is 7.27. The van der Waals surface area contributed by atoms with Crippen LogP contribution in [0.25, 0.3) is 11.0 Å². The second-order valence-corrected chi connectivity index (χ2v) is 7.58. The number of cyclic esters (lactones) is 1. The molecule has 1 saturated heterocycles. The Morgan fingerprint density at radius 1 is 1.29 bits per heavy atom. The summed E-state index contributed by atoms with van der Waals surface area (Å²) in [6.07, 6.45) is 1.24. The number of nitrogens with zero attached hydrogens (tertiary/aromatic N) is 4. The van der Waals surface area contributed by atoms with Crippen LogP contribution in [-0.4, -0.2) is 38.7 Å². The largest absolute Gasteiger partial charge is 0.447 e. The normalized spacial score (nSPS) is 18.0. The molecule has 4 rings (SSSR count). The molecule has 9 heteroatoms. The van der Waals surface area contributed by atoms with E-state index in [-0.39, 0.29) is 24.1 Å². The number of fused-ring (bicyclic) bond motifs is 1. The Balaban J connectivity index is 1.56. The molecule has 3 heterocycles. The maximum absolute atomic E-state index is 12.2. The molecule has 0 aliphatic carbocycles. The molecule has 146 valence electrons. The highest BCUT2D eigenvalue weighted by Gasteiger charge is 2.37. The molecule has 0 saturated carbocycles. The van der Waals surface area contributed by atoms with Crippen molar-refractivity contribution in [3.05, 3.63) is 41.3 Å². The standard InChI is InChI=1S/C19H21ClN6O2/c1-10(2)15-9-28-19(27)26(15)16-6-7-21-18(25-16)22-11(3)17-23-13-5-4-12(20)8-14(13)24-17/h4-8,10-11,15H,9H2,1-3H3,(H,23,24)(H,21,22,25). The number of hydrogen-bond donors (Lipinski definition) is 2. The molecule has 3 aromatic rings. The Morgan fingerprint density at radius 3 is 2.89 bits per heavy atom. The van der Waals surface area contributed by atoms with Crippen LogP contribution in [0.4, 0.5) is 16.6 Å². The van der Waals surface area contributed by atoms with E-state index in [9.17, 15) is 4.79 Å². The molecule has 1 aromatic carbocycles. The molecule has 0 spiro atoms. The van der Waals surface area contributed by atoms with Gasteiger partial charge in [0.1, 0.15) is 18.2 Å². The van der Waals surface area contributed by atoms with Crippen molar-refractivity contribution < 1.29 is 9.53 Å². The Kier molecular flexibility index (Phi) is 4.80. The van der Waals surface area contributed by atoms with Gasteiger partial charge in [0, 0.05) is 11.2 Å². The van der Waals surface area contributed by atoms with Crippen LogP contribution in [0.2, 0.25) is 5.02 Å². The Bertz CT molecular complexity index is 1020. The highest BCUT2D eigenvalue weighted by molar-refractivity contribution is 6.31. The topological polar surface area (TPSA) is 96.0 Å². The van der Waals surface area contributed by atoms with Crippen molar-refractivity contribution in [1.29, 1.82) is 0 Å². The smallest absolute Gasteiger partial charge is 0.415 e. The van der Waals surface area contributed by atoms with Crippen molar-refractivity contribution in [3.63, 3.8) is 0 Å². The van der Waals surface area contributed by atoms with Gasteiger partial charge < -0.3 is 15.0 Å².